The van der Waals surface area contributed by atoms with Gasteiger partial charge in [-0.2, -0.15) is 0 Å². The van der Waals surface area contributed by atoms with Crippen LogP contribution in [0, 0.1) is 6.92 Å². The molecule has 1 saturated heterocycles. The van der Waals surface area contributed by atoms with Crippen molar-refractivity contribution in [3.05, 3.63) is 48.0 Å². The Labute approximate surface area is 142 Å². The Hall–Kier alpha value is -2.34. The summed E-state index contributed by atoms with van der Waals surface area (Å²) >= 11 is 0. The molecule has 1 aromatic carbocycles. The van der Waals surface area contributed by atoms with Gasteiger partial charge in [0.1, 0.15) is 18.1 Å². The molecular formula is C18H24N4O2. The highest BCUT2D eigenvalue weighted by Crippen LogP contribution is 2.26. The summed E-state index contributed by atoms with van der Waals surface area (Å²) < 4.78 is 7.12. The first kappa shape index (κ1) is 16.5. The monoisotopic (exact) mass is 328 g/mol. The number of piperazine rings is 1. The number of aryl methyl sites for hydroxylation is 1. The van der Waals surface area contributed by atoms with E-state index in [0.717, 1.165) is 24.7 Å². The lowest BCUT2D eigenvalue weighted by molar-refractivity contribution is -0.134. The number of rotatable bonds is 4. The smallest absolute Gasteiger partial charge is 0.242 e. The molecule has 1 aliphatic heterocycles. The van der Waals surface area contributed by atoms with Crippen molar-refractivity contribution in [2.45, 2.75) is 19.5 Å². The summed E-state index contributed by atoms with van der Waals surface area (Å²) in [6.07, 6.45) is 3.58. The molecule has 0 N–H and O–H groups in total. The number of imidazole rings is 1. The Kier molecular flexibility index (Phi) is 4.85. The fourth-order valence-electron chi connectivity index (χ4n) is 3.10. The average molecular weight is 328 g/mol. The molecule has 128 valence electrons. The summed E-state index contributed by atoms with van der Waals surface area (Å²) in [4.78, 5) is 21.1. The molecule has 1 aliphatic rings. The molecule has 6 nitrogen and oxygen atoms in total. The van der Waals surface area contributed by atoms with E-state index in [1.807, 2.05) is 34.7 Å². The van der Waals surface area contributed by atoms with Gasteiger partial charge in [-0.25, -0.2) is 4.98 Å². The molecule has 24 heavy (non-hydrogen) atoms. The van der Waals surface area contributed by atoms with Crippen LogP contribution in [0.5, 0.6) is 5.75 Å². The minimum atomic E-state index is 0.141. The van der Waals surface area contributed by atoms with Gasteiger partial charge in [0.25, 0.3) is 0 Å². The van der Waals surface area contributed by atoms with E-state index >= 15 is 0 Å². The van der Waals surface area contributed by atoms with Gasteiger partial charge in [0.2, 0.25) is 5.91 Å². The molecule has 1 amide bonds. The number of methoxy groups -OCH3 is 1. The highest BCUT2D eigenvalue weighted by Gasteiger charge is 2.28. The number of aromatic nitrogens is 2. The number of hydrogen-bond donors (Lipinski definition) is 0. The standard InChI is InChI=1S/C18H24N4O2/c1-14-19-8-9-21(14)13-18(23)22-11-10-20(2)17(12-22)15-4-6-16(24-3)7-5-15/h4-9,17H,10-13H2,1-3H3. The van der Waals surface area contributed by atoms with Gasteiger partial charge in [0.05, 0.1) is 13.2 Å². The largest absolute Gasteiger partial charge is 0.497 e. The van der Waals surface area contributed by atoms with Gasteiger partial charge in [-0.05, 0) is 31.7 Å². The maximum absolute atomic E-state index is 12.6. The van der Waals surface area contributed by atoms with Crippen molar-refractivity contribution < 1.29 is 9.53 Å². The maximum Gasteiger partial charge on any atom is 0.242 e. The van der Waals surface area contributed by atoms with Crippen LogP contribution in [0.25, 0.3) is 0 Å². The van der Waals surface area contributed by atoms with Crippen LogP contribution >= 0.6 is 0 Å². The van der Waals surface area contributed by atoms with Gasteiger partial charge >= 0.3 is 0 Å². The van der Waals surface area contributed by atoms with E-state index in [1.54, 1.807) is 13.3 Å². The molecule has 0 aliphatic carbocycles. The molecule has 0 spiro atoms. The normalized spacial score (nSPS) is 18.6. The zero-order valence-corrected chi connectivity index (χ0v) is 14.5. The average Bonchev–Trinajstić information content (AvgIpc) is 3.00. The Balaban J connectivity index is 1.70. The topological polar surface area (TPSA) is 50.6 Å². The van der Waals surface area contributed by atoms with Crippen LogP contribution < -0.4 is 4.74 Å². The number of benzene rings is 1. The zero-order chi connectivity index (χ0) is 17.1. The molecule has 6 heteroatoms. The lowest BCUT2D eigenvalue weighted by Crippen LogP contribution is -2.49. The van der Waals surface area contributed by atoms with Gasteiger partial charge in [0.15, 0.2) is 0 Å². The number of carbonyl (C=O) groups excluding carboxylic acids is 1. The minimum Gasteiger partial charge on any atom is -0.497 e. The Bertz CT molecular complexity index is 695. The molecule has 2 heterocycles. The van der Waals surface area contributed by atoms with Crippen molar-refractivity contribution in [2.24, 2.45) is 0 Å². The van der Waals surface area contributed by atoms with Crippen LogP contribution in [0.2, 0.25) is 0 Å². The SMILES string of the molecule is COc1ccc(C2CN(C(=O)Cn3ccnc3C)CCN2C)cc1. The zero-order valence-electron chi connectivity index (χ0n) is 14.5. The predicted molar refractivity (Wildman–Crippen MR) is 91.9 cm³/mol. The van der Waals surface area contributed by atoms with Crippen LogP contribution in [0.3, 0.4) is 0 Å². The Morgan fingerprint density at radius 3 is 2.67 bits per heavy atom. The molecule has 1 aromatic heterocycles. The fraction of sp³-hybridized carbons (Fsp3) is 0.444. The summed E-state index contributed by atoms with van der Waals surface area (Å²) in [6.45, 7) is 4.60. The second kappa shape index (κ2) is 7.05. The molecular weight excluding hydrogens is 304 g/mol. The number of carbonyl (C=O) groups is 1. The highest BCUT2D eigenvalue weighted by molar-refractivity contribution is 5.76. The Morgan fingerprint density at radius 2 is 2.04 bits per heavy atom. The lowest BCUT2D eigenvalue weighted by Gasteiger charge is -2.39. The van der Waals surface area contributed by atoms with E-state index in [2.05, 4.69) is 29.1 Å². The van der Waals surface area contributed by atoms with Crippen LogP contribution in [0.1, 0.15) is 17.4 Å². The molecule has 0 radical (unpaired) electrons. The van der Waals surface area contributed by atoms with E-state index in [0.29, 0.717) is 13.1 Å². The summed E-state index contributed by atoms with van der Waals surface area (Å²) in [5.41, 5.74) is 1.20. The van der Waals surface area contributed by atoms with Crippen LogP contribution in [0.15, 0.2) is 36.7 Å². The third kappa shape index (κ3) is 3.43. The molecule has 1 fully saturated rings. The van der Waals surface area contributed by atoms with Crippen molar-refractivity contribution in [2.75, 3.05) is 33.8 Å². The van der Waals surface area contributed by atoms with Gasteiger partial charge in [-0.3, -0.25) is 9.69 Å². The first-order chi connectivity index (χ1) is 11.6. The second-order valence-electron chi connectivity index (χ2n) is 6.21. The third-order valence-corrected chi connectivity index (χ3v) is 4.73. The second-order valence-corrected chi connectivity index (χ2v) is 6.21. The quantitative estimate of drug-likeness (QED) is 0.857. The Morgan fingerprint density at radius 1 is 1.29 bits per heavy atom. The highest BCUT2D eigenvalue weighted by atomic mass is 16.5. The number of ether oxygens (including phenoxy) is 1. The summed E-state index contributed by atoms with van der Waals surface area (Å²) in [5.74, 6) is 1.85. The van der Waals surface area contributed by atoms with E-state index in [1.165, 1.54) is 5.56 Å². The number of amides is 1. The fourth-order valence-corrected chi connectivity index (χ4v) is 3.10. The van der Waals surface area contributed by atoms with Crippen molar-refractivity contribution in [3.8, 4) is 5.75 Å². The van der Waals surface area contributed by atoms with Crippen molar-refractivity contribution >= 4 is 5.91 Å². The molecule has 3 rings (SSSR count). The minimum absolute atomic E-state index is 0.141. The van der Waals surface area contributed by atoms with E-state index in [4.69, 9.17) is 4.74 Å². The molecule has 0 saturated carbocycles. The van der Waals surface area contributed by atoms with Crippen molar-refractivity contribution in [1.82, 2.24) is 19.4 Å². The van der Waals surface area contributed by atoms with Crippen LogP contribution in [-0.4, -0.2) is 59.0 Å². The molecule has 1 unspecified atom stereocenters. The summed E-state index contributed by atoms with van der Waals surface area (Å²) in [5, 5.41) is 0. The third-order valence-electron chi connectivity index (χ3n) is 4.73. The van der Waals surface area contributed by atoms with Crippen molar-refractivity contribution in [1.29, 1.82) is 0 Å². The van der Waals surface area contributed by atoms with E-state index < -0.39 is 0 Å². The van der Waals surface area contributed by atoms with Gasteiger partial charge in [-0.15, -0.1) is 0 Å². The van der Waals surface area contributed by atoms with Gasteiger partial charge in [0, 0.05) is 32.0 Å². The first-order valence-electron chi connectivity index (χ1n) is 8.18. The summed E-state index contributed by atoms with van der Waals surface area (Å²) in [7, 11) is 3.77. The maximum atomic E-state index is 12.6. The van der Waals surface area contributed by atoms with Gasteiger partial charge < -0.3 is 14.2 Å². The summed E-state index contributed by atoms with van der Waals surface area (Å²) in [6, 6.07) is 8.30. The van der Waals surface area contributed by atoms with Crippen LogP contribution in [-0.2, 0) is 11.3 Å². The van der Waals surface area contributed by atoms with Gasteiger partial charge in [-0.1, -0.05) is 12.1 Å². The molecule has 1 atom stereocenters. The molecule has 0 bridgehead atoms. The molecule has 2 aromatic rings. The van der Waals surface area contributed by atoms with Crippen molar-refractivity contribution in [3.63, 3.8) is 0 Å². The number of hydrogen-bond acceptors (Lipinski definition) is 4. The lowest BCUT2D eigenvalue weighted by atomic mass is 10.0. The van der Waals surface area contributed by atoms with Crippen LogP contribution in [0.4, 0.5) is 0 Å². The van der Waals surface area contributed by atoms with E-state index in [-0.39, 0.29) is 11.9 Å². The first-order valence-corrected chi connectivity index (χ1v) is 8.18. The predicted octanol–water partition coefficient (Wildman–Crippen LogP) is 1.72. The number of likely N-dealkylation sites (N-methyl/N-ethyl adjacent to an activating group) is 1. The number of nitrogens with zero attached hydrogens (tertiary/aromatic N) is 4. The van der Waals surface area contributed by atoms with E-state index in [9.17, 15) is 4.79 Å².